The summed E-state index contributed by atoms with van der Waals surface area (Å²) in [6.45, 7) is 1.62. The predicted octanol–water partition coefficient (Wildman–Crippen LogP) is 1.88. The van der Waals surface area contributed by atoms with Gasteiger partial charge in [-0.25, -0.2) is 13.2 Å². The number of carboxylic acid groups (broad SMARTS) is 1. The summed E-state index contributed by atoms with van der Waals surface area (Å²) in [6, 6.07) is 4.44. The summed E-state index contributed by atoms with van der Waals surface area (Å²) in [4.78, 5) is 11.0. The van der Waals surface area contributed by atoms with Crippen LogP contribution in [0.2, 0.25) is 5.02 Å². The molecule has 2 rings (SSSR count). The van der Waals surface area contributed by atoms with Gasteiger partial charge in [0.05, 0.1) is 11.1 Å². The second-order valence-corrected chi connectivity index (χ2v) is 6.44. The molecule has 7 nitrogen and oxygen atoms in total. The van der Waals surface area contributed by atoms with Crippen molar-refractivity contribution in [1.29, 1.82) is 0 Å². The van der Waals surface area contributed by atoms with Gasteiger partial charge in [-0.1, -0.05) is 17.7 Å². The summed E-state index contributed by atoms with van der Waals surface area (Å²) in [5.41, 5.74) is 0.256. The van der Waals surface area contributed by atoms with Crippen molar-refractivity contribution in [2.75, 3.05) is 4.72 Å². The van der Waals surface area contributed by atoms with Crippen molar-refractivity contribution in [2.45, 2.75) is 11.8 Å². The average Bonchev–Trinajstić information content (AvgIpc) is 2.73. The molecule has 1 heterocycles. The maximum Gasteiger partial charge on any atom is 0.341 e. The molecule has 112 valence electrons. The van der Waals surface area contributed by atoms with Crippen molar-refractivity contribution < 1.29 is 18.3 Å². The molecule has 2 aromatic rings. The molecule has 0 saturated carbocycles. The lowest BCUT2D eigenvalue weighted by molar-refractivity contribution is 0.0698. The fourth-order valence-corrected chi connectivity index (χ4v) is 3.38. The van der Waals surface area contributed by atoms with Crippen LogP contribution in [0.3, 0.4) is 0 Å². The molecule has 0 spiro atoms. The van der Waals surface area contributed by atoms with Crippen LogP contribution in [0, 0.1) is 6.92 Å². The van der Waals surface area contributed by atoms with E-state index < -0.39 is 16.0 Å². The van der Waals surface area contributed by atoms with Gasteiger partial charge >= 0.3 is 5.97 Å². The summed E-state index contributed by atoms with van der Waals surface area (Å²) in [5.74, 6) is -1.40. The largest absolute Gasteiger partial charge is 0.477 e. The van der Waals surface area contributed by atoms with Crippen molar-refractivity contribution in [3.05, 3.63) is 40.5 Å². The number of rotatable bonds is 4. The van der Waals surface area contributed by atoms with Crippen molar-refractivity contribution in [1.82, 2.24) is 9.78 Å². The van der Waals surface area contributed by atoms with Crippen molar-refractivity contribution in [3.63, 3.8) is 0 Å². The molecule has 0 aliphatic carbocycles. The fourth-order valence-electron chi connectivity index (χ4n) is 1.76. The van der Waals surface area contributed by atoms with Gasteiger partial charge in [0.1, 0.15) is 5.56 Å². The van der Waals surface area contributed by atoms with Gasteiger partial charge in [0.15, 0.2) is 5.82 Å². The van der Waals surface area contributed by atoms with E-state index in [1.165, 1.54) is 13.1 Å². The normalized spacial score (nSPS) is 11.4. The van der Waals surface area contributed by atoms with Crippen molar-refractivity contribution in [2.24, 2.45) is 7.05 Å². The Morgan fingerprint density at radius 2 is 2.10 bits per heavy atom. The number of carboxylic acids is 1. The zero-order valence-corrected chi connectivity index (χ0v) is 12.7. The van der Waals surface area contributed by atoms with Gasteiger partial charge in [0.25, 0.3) is 10.0 Å². The quantitative estimate of drug-likeness (QED) is 0.891. The SMILES string of the molecule is Cc1ccc(Cl)cc1S(=O)(=O)Nc1c(C(=O)O)cnn1C. The molecule has 0 unspecified atom stereocenters. The lowest BCUT2D eigenvalue weighted by atomic mass is 10.2. The number of sulfonamides is 1. The Bertz CT molecular complexity index is 814. The molecule has 9 heteroatoms. The van der Waals surface area contributed by atoms with Gasteiger partial charge in [-0.05, 0) is 24.6 Å². The van der Waals surface area contributed by atoms with Gasteiger partial charge in [0, 0.05) is 12.1 Å². The molecule has 0 atom stereocenters. The van der Waals surface area contributed by atoms with E-state index in [-0.39, 0.29) is 21.3 Å². The first kappa shape index (κ1) is 15.3. The number of halogens is 1. The third kappa shape index (κ3) is 3.01. The van der Waals surface area contributed by atoms with Crippen LogP contribution in [0.1, 0.15) is 15.9 Å². The molecule has 0 fully saturated rings. The maximum absolute atomic E-state index is 12.4. The highest BCUT2D eigenvalue weighted by Crippen LogP contribution is 2.24. The fraction of sp³-hybridized carbons (Fsp3) is 0.167. The highest BCUT2D eigenvalue weighted by atomic mass is 35.5. The van der Waals surface area contributed by atoms with Crippen LogP contribution < -0.4 is 4.72 Å². The second kappa shape index (κ2) is 5.38. The smallest absolute Gasteiger partial charge is 0.341 e. The van der Waals surface area contributed by atoms with Gasteiger partial charge in [-0.3, -0.25) is 9.40 Å². The molecular formula is C12H12ClN3O4S. The third-order valence-corrected chi connectivity index (χ3v) is 4.56. The Labute approximate surface area is 126 Å². The zero-order valence-electron chi connectivity index (χ0n) is 11.2. The van der Waals surface area contributed by atoms with Crippen molar-refractivity contribution >= 4 is 33.4 Å². The molecular weight excluding hydrogens is 318 g/mol. The lowest BCUT2D eigenvalue weighted by Gasteiger charge is -2.11. The first-order chi connectivity index (χ1) is 9.72. The minimum atomic E-state index is -3.97. The van der Waals surface area contributed by atoms with E-state index in [9.17, 15) is 13.2 Å². The van der Waals surface area contributed by atoms with Crippen molar-refractivity contribution in [3.8, 4) is 0 Å². The number of benzene rings is 1. The van der Waals surface area contributed by atoms with Gasteiger partial charge in [-0.2, -0.15) is 5.10 Å². The molecule has 0 aliphatic rings. The zero-order chi connectivity index (χ0) is 15.8. The van der Waals surface area contributed by atoms with E-state index in [1.54, 1.807) is 19.1 Å². The molecule has 21 heavy (non-hydrogen) atoms. The second-order valence-electron chi connectivity index (χ2n) is 4.35. The number of aromatic nitrogens is 2. The van der Waals surface area contributed by atoms with Gasteiger partial charge < -0.3 is 5.11 Å². The maximum atomic E-state index is 12.4. The summed E-state index contributed by atoms with van der Waals surface area (Å²) in [5, 5.41) is 13.0. The highest BCUT2D eigenvalue weighted by molar-refractivity contribution is 7.92. The Hall–Kier alpha value is -2.06. The molecule has 1 aromatic heterocycles. The van der Waals surface area contributed by atoms with Crippen LogP contribution in [0.25, 0.3) is 0 Å². The van der Waals surface area contributed by atoms with E-state index in [0.29, 0.717) is 5.56 Å². The Balaban J connectivity index is 2.50. The third-order valence-electron chi connectivity index (χ3n) is 2.84. The standard InChI is InChI=1S/C12H12ClN3O4S/c1-7-3-4-8(13)5-10(7)21(19,20)15-11-9(12(17)18)6-14-16(11)2/h3-6,15H,1-2H3,(H,17,18). The number of nitrogens with one attached hydrogen (secondary N) is 1. The Kier molecular flexibility index (Phi) is 3.93. The number of carbonyl (C=O) groups is 1. The Morgan fingerprint density at radius 3 is 2.71 bits per heavy atom. The molecule has 0 radical (unpaired) electrons. The molecule has 2 N–H and O–H groups in total. The van der Waals surface area contributed by atoms with Crippen LogP contribution in [0.15, 0.2) is 29.3 Å². The summed E-state index contributed by atoms with van der Waals surface area (Å²) >= 11 is 5.81. The Morgan fingerprint density at radius 1 is 1.43 bits per heavy atom. The highest BCUT2D eigenvalue weighted by Gasteiger charge is 2.23. The monoisotopic (exact) mass is 329 g/mol. The van der Waals surface area contributed by atoms with E-state index in [4.69, 9.17) is 16.7 Å². The molecule has 0 aliphatic heterocycles. The van der Waals surface area contributed by atoms with Crippen LogP contribution in [0.4, 0.5) is 5.82 Å². The van der Waals surface area contributed by atoms with Gasteiger partial charge in [0.2, 0.25) is 0 Å². The molecule has 1 aromatic carbocycles. The van der Waals surface area contributed by atoms with Crippen LogP contribution >= 0.6 is 11.6 Å². The molecule has 0 amide bonds. The number of aryl methyl sites for hydroxylation is 2. The lowest BCUT2D eigenvalue weighted by Crippen LogP contribution is -2.18. The number of hydrogen-bond donors (Lipinski definition) is 2. The average molecular weight is 330 g/mol. The number of hydrogen-bond acceptors (Lipinski definition) is 4. The number of aromatic carboxylic acids is 1. The number of anilines is 1. The predicted molar refractivity (Wildman–Crippen MR) is 77.2 cm³/mol. The summed E-state index contributed by atoms with van der Waals surface area (Å²) in [7, 11) is -2.53. The van der Waals surface area contributed by atoms with E-state index in [2.05, 4.69) is 9.82 Å². The first-order valence-corrected chi connectivity index (χ1v) is 7.63. The summed E-state index contributed by atoms with van der Waals surface area (Å²) in [6.07, 6.45) is 1.07. The van der Waals surface area contributed by atoms with E-state index in [1.807, 2.05) is 0 Å². The van der Waals surface area contributed by atoms with E-state index >= 15 is 0 Å². The van der Waals surface area contributed by atoms with Gasteiger partial charge in [-0.15, -0.1) is 0 Å². The minimum Gasteiger partial charge on any atom is -0.477 e. The minimum absolute atomic E-state index is 0.0208. The van der Waals surface area contributed by atoms with Crippen LogP contribution in [0.5, 0.6) is 0 Å². The summed E-state index contributed by atoms with van der Waals surface area (Å²) < 4.78 is 28.2. The topological polar surface area (TPSA) is 101 Å². The molecule has 0 saturated heterocycles. The number of nitrogens with zero attached hydrogens (tertiary/aromatic N) is 2. The molecule has 0 bridgehead atoms. The van der Waals surface area contributed by atoms with E-state index in [0.717, 1.165) is 10.9 Å². The first-order valence-electron chi connectivity index (χ1n) is 5.76. The van der Waals surface area contributed by atoms with Crippen LogP contribution in [-0.4, -0.2) is 29.3 Å². The van der Waals surface area contributed by atoms with Crippen LogP contribution in [-0.2, 0) is 17.1 Å².